The summed E-state index contributed by atoms with van der Waals surface area (Å²) in [6.07, 6.45) is 4.46. The summed E-state index contributed by atoms with van der Waals surface area (Å²) >= 11 is 0. The van der Waals surface area contributed by atoms with Crippen molar-refractivity contribution in [1.29, 1.82) is 5.26 Å². The molecule has 1 amide bonds. The van der Waals surface area contributed by atoms with E-state index in [0.717, 1.165) is 11.1 Å². The first kappa shape index (κ1) is 16.0. The maximum Gasteiger partial charge on any atom is 0.251 e. The predicted octanol–water partition coefficient (Wildman–Crippen LogP) is 2.87. The molecule has 24 heavy (non-hydrogen) atoms. The highest BCUT2D eigenvalue weighted by Gasteiger charge is 2.22. The lowest BCUT2D eigenvalue weighted by molar-refractivity contribution is 0.0950. The first-order valence-electron chi connectivity index (χ1n) is 8.06. The number of nitriles is 1. The molecule has 0 spiro atoms. The number of ether oxygens (including phenoxy) is 1. The van der Waals surface area contributed by atoms with Gasteiger partial charge in [-0.15, -0.1) is 0 Å². The number of hydrogen-bond donors (Lipinski definition) is 1. The minimum absolute atomic E-state index is 0.160. The largest absolute Gasteiger partial charge is 0.477 e. The lowest BCUT2D eigenvalue weighted by Gasteiger charge is -2.08. The van der Waals surface area contributed by atoms with Crippen LogP contribution in [0.5, 0.6) is 5.88 Å². The van der Waals surface area contributed by atoms with Crippen LogP contribution in [0.15, 0.2) is 42.6 Å². The minimum Gasteiger partial charge on any atom is -0.477 e. The van der Waals surface area contributed by atoms with E-state index in [4.69, 9.17) is 10.00 Å². The van der Waals surface area contributed by atoms with Crippen molar-refractivity contribution in [2.75, 3.05) is 6.61 Å². The van der Waals surface area contributed by atoms with E-state index in [1.165, 1.54) is 12.8 Å². The van der Waals surface area contributed by atoms with Crippen molar-refractivity contribution in [3.8, 4) is 11.9 Å². The summed E-state index contributed by atoms with van der Waals surface area (Å²) < 4.78 is 5.65. The zero-order valence-electron chi connectivity index (χ0n) is 13.4. The number of carbonyl (C=O) groups excluding carboxylic acids is 1. The number of nitrogens with one attached hydrogen (secondary N) is 1. The third-order valence-corrected chi connectivity index (χ3v) is 3.89. The van der Waals surface area contributed by atoms with E-state index in [1.54, 1.807) is 24.4 Å². The smallest absolute Gasteiger partial charge is 0.251 e. The maximum absolute atomic E-state index is 12.2. The van der Waals surface area contributed by atoms with Crippen molar-refractivity contribution >= 4 is 5.91 Å². The minimum atomic E-state index is -0.160. The van der Waals surface area contributed by atoms with Gasteiger partial charge in [0, 0.05) is 24.4 Å². The third-order valence-electron chi connectivity index (χ3n) is 3.89. The quantitative estimate of drug-likeness (QED) is 0.851. The Morgan fingerprint density at radius 3 is 2.96 bits per heavy atom. The van der Waals surface area contributed by atoms with Crippen LogP contribution < -0.4 is 10.1 Å². The predicted molar refractivity (Wildman–Crippen MR) is 89.4 cm³/mol. The van der Waals surface area contributed by atoms with Gasteiger partial charge in [-0.1, -0.05) is 12.1 Å². The van der Waals surface area contributed by atoms with E-state index in [-0.39, 0.29) is 5.91 Å². The summed E-state index contributed by atoms with van der Waals surface area (Å²) in [5.41, 5.74) is 2.34. The van der Waals surface area contributed by atoms with Crippen LogP contribution in [-0.2, 0) is 13.0 Å². The number of aromatic nitrogens is 1. The lowest BCUT2D eigenvalue weighted by Crippen LogP contribution is -2.23. The van der Waals surface area contributed by atoms with Gasteiger partial charge in [0.15, 0.2) is 0 Å². The summed E-state index contributed by atoms with van der Waals surface area (Å²) in [6.45, 7) is 1.12. The van der Waals surface area contributed by atoms with E-state index >= 15 is 0 Å². The lowest BCUT2D eigenvalue weighted by atomic mass is 10.1. The maximum atomic E-state index is 12.2. The summed E-state index contributed by atoms with van der Waals surface area (Å²) in [7, 11) is 0. The average molecular weight is 321 g/mol. The van der Waals surface area contributed by atoms with Crippen LogP contribution in [0, 0.1) is 17.2 Å². The number of benzene rings is 1. The van der Waals surface area contributed by atoms with Crippen LogP contribution in [0.2, 0.25) is 0 Å². The molecule has 1 N–H and O–H groups in total. The third kappa shape index (κ3) is 4.56. The molecular weight excluding hydrogens is 302 g/mol. The molecule has 5 heteroatoms. The highest BCUT2D eigenvalue weighted by molar-refractivity contribution is 5.94. The Kier molecular flexibility index (Phi) is 5.07. The molecule has 1 heterocycles. The molecule has 3 rings (SSSR count). The van der Waals surface area contributed by atoms with Gasteiger partial charge < -0.3 is 10.1 Å². The summed E-state index contributed by atoms with van der Waals surface area (Å²) in [5.74, 6) is 1.12. The molecule has 0 atom stereocenters. The number of hydrogen-bond acceptors (Lipinski definition) is 4. The Morgan fingerprint density at radius 2 is 2.17 bits per heavy atom. The molecule has 122 valence electrons. The van der Waals surface area contributed by atoms with Crippen molar-refractivity contribution < 1.29 is 9.53 Å². The van der Waals surface area contributed by atoms with Gasteiger partial charge in [-0.3, -0.25) is 4.79 Å². The van der Waals surface area contributed by atoms with E-state index < -0.39 is 0 Å². The van der Waals surface area contributed by atoms with Crippen LogP contribution in [0.3, 0.4) is 0 Å². The van der Waals surface area contributed by atoms with E-state index in [9.17, 15) is 4.79 Å². The molecule has 0 saturated heterocycles. The molecular formula is C19H19N3O2. The SMILES string of the molecule is N#CCc1cccc(C(=O)NCc2ccnc(OCC3CC3)c2)c1. The van der Waals surface area contributed by atoms with E-state index in [1.807, 2.05) is 18.2 Å². The summed E-state index contributed by atoms with van der Waals surface area (Å²) in [4.78, 5) is 16.4. The van der Waals surface area contributed by atoms with Gasteiger partial charge in [-0.25, -0.2) is 4.98 Å². The summed E-state index contributed by atoms with van der Waals surface area (Å²) in [6, 6.07) is 12.9. The Hall–Kier alpha value is -2.87. The first-order valence-corrected chi connectivity index (χ1v) is 8.06. The highest BCUT2D eigenvalue weighted by Crippen LogP contribution is 2.29. The normalized spacial score (nSPS) is 13.1. The topological polar surface area (TPSA) is 75.0 Å². The molecule has 1 aliphatic rings. The van der Waals surface area contributed by atoms with Crippen molar-refractivity contribution in [3.05, 3.63) is 59.3 Å². The molecule has 1 aliphatic carbocycles. The molecule has 1 saturated carbocycles. The van der Waals surface area contributed by atoms with Gasteiger partial charge >= 0.3 is 0 Å². The van der Waals surface area contributed by atoms with Crippen LogP contribution in [0.1, 0.15) is 34.3 Å². The van der Waals surface area contributed by atoms with Gasteiger partial charge in [-0.2, -0.15) is 5.26 Å². The molecule has 1 aromatic carbocycles. The molecule has 0 unspecified atom stereocenters. The molecule has 0 radical (unpaired) electrons. The molecule has 0 aliphatic heterocycles. The van der Waals surface area contributed by atoms with Crippen molar-refractivity contribution in [1.82, 2.24) is 10.3 Å². The van der Waals surface area contributed by atoms with Crippen LogP contribution in [0.4, 0.5) is 0 Å². The van der Waals surface area contributed by atoms with Gasteiger partial charge in [0.2, 0.25) is 5.88 Å². The molecule has 1 fully saturated rings. The molecule has 1 aromatic heterocycles. The average Bonchev–Trinajstić information content (AvgIpc) is 3.43. The monoisotopic (exact) mass is 321 g/mol. The van der Waals surface area contributed by atoms with Crippen LogP contribution >= 0.6 is 0 Å². The second kappa shape index (κ2) is 7.60. The van der Waals surface area contributed by atoms with Crippen molar-refractivity contribution in [2.45, 2.75) is 25.8 Å². The molecule has 2 aromatic rings. The number of rotatable bonds is 7. The summed E-state index contributed by atoms with van der Waals surface area (Å²) in [5, 5.41) is 11.6. The second-order valence-electron chi connectivity index (χ2n) is 5.97. The fourth-order valence-electron chi connectivity index (χ4n) is 2.33. The van der Waals surface area contributed by atoms with Gasteiger partial charge in [0.25, 0.3) is 5.91 Å². The molecule has 5 nitrogen and oxygen atoms in total. The number of nitrogens with zero attached hydrogens (tertiary/aromatic N) is 2. The van der Waals surface area contributed by atoms with Gasteiger partial charge in [-0.05, 0) is 48.1 Å². The van der Waals surface area contributed by atoms with Crippen LogP contribution in [0.25, 0.3) is 0 Å². The number of pyridine rings is 1. The van der Waals surface area contributed by atoms with Gasteiger partial charge in [0.1, 0.15) is 0 Å². The zero-order valence-corrected chi connectivity index (χ0v) is 13.4. The standard InChI is InChI=1S/C19H19N3O2/c20-8-6-14-2-1-3-17(10-14)19(23)22-12-16-7-9-21-18(11-16)24-13-15-4-5-15/h1-3,7,9-11,15H,4-6,12-13H2,(H,22,23). The Morgan fingerprint density at radius 1 is 1.29 bits per heavy atom. The van der Waals surface area contributed by atoms with E-state index in [2.05, 4.69) is 16.4 Å². The Balaban J connectivity index is 1.56. The van der Waals surface area contributed by atoms with Gasteiger partial charge in [0.05, 0.1) is 19.1 Å². The molecule has 0 bridgehead atoms. The fraction of sp³-hybridized carbons (Fsp3) is 0.316. The van der Waals surface area contributed by atoms with Crippen LogP contribution in [-0.4, -0.2) is 17.5 Å². The Labute approximate surface area is 141 Å². The zero-order chi connectivity index (χ0) is 16.8. The number of amides is 1. The number of carbonyl (C=O) groups is 1. The van der Waals surface area contributed by atoms with Crippen molar-refractivity contribution in [3.63, 3.8) is 0 Å². The van der Waals surface area contributed by atoms with Crippen molar-refractivity contribution in [2.24, 2.45) is 5.92 Å². The fourth-order valence-corrected chi connectivity index (χ4v) is 2.33. The Bertz CT molecular complexity index is 763. The second-order valence-corrected chi connectivity index (χ2v) is 5.97. The van der Waals surface area contributed by atoms with E-state index in [0.29, 0.717) is 36.9 Å². The first-order chi connectivity index (χ1) is 11.7. The highest BCUT2D eigenvalue weighted by atomic mass is 16.5.